The van der Waals surface area contributed by atoms with Crippen molar-refractivity contribution < 1.29 is 13.5 Å². The van der Waals surface area contributed by atoms with E-state index in [1.54, 1.807) is 19.2 Å². The number of guanidine groups is 1. The number of benzene rings is 1. The maximum Gasteiger partial charge on any atom is 0.387 e. The summed E-state index contributed by atoms with van der Waals surface area (Å²) in [5.74, 6) is 1.56. The van der Waals surface area contributed by atoms with Crippen molar-refractivity contribution in [1.29, 1.82) is 0 Å². The van der Waals surface area contributed by atoms with Crippen LogP contribution in [0.2, 0.25) is 0 Å². The van der Waals surface area contributed by atoms with Crippen LogP contribution >= 0.6 is 24.0 Å². The average Bonchev–Trinajstić information content (AvgIpc) is 3.09. The Kier molecular flexibility index (Phi) is 7.13. The van der Waals surface area contributed by atoms with Crippen LogP contribution in [-0.2, 0) is 6.54 Å². The van der Waals surface area contributed by atoms with Crippen LogP contribution in [0.25, 0.3) is 0 Å². The molecule has 0 saturated heterocycles. The van der Waals surface area contributed by atoms with Gasteiger partial charge in [0.1, 0.15) is 5.75 Å². The summed E-state index contributed by atoms with van der Waals surface area (Å²) >= 11 is 0. The zero-order valence-corrected chi connectivity index (χ0v) is 14.3. The van der Waals surface area contributed by atoms with E-state index in [0.29, 0.717) is 18.5 Å². The Hall–Kier alpha value is -1.12. The Bertz CT molecular complexity index is 485. The second kappa shape index (κ2) is 8.35. The highest BCUT2D eigenvalue weighted by atomic mass is 127. The maximum absolute atomic E-state index is 12.1. The molecule has 0 bridgehead atoms. The molecule has 0 aromatic heterocycles. The van der Waals surface area contributed by atoms with Gasteiger partial charge in [0.25, 0.3) is 0 Å². The quantitative estimate of drug-likeness (QED) is 0.445. The number of nitrogens with one attached hydrogen (secondary N) is 2. The van der Waals surface area contributed by atoms with Gasteiger partial charge in [-0.3, -0.25) is 4.99 Å². The van der Waals surface area contributed by atoms with E-state index in [2.05, 4.69) is 27.3 Å². The molecular weight excluding hydrogens is 391 g/mol. The fourth-order valence-corrected chi connectivity index (χ4v) is 1.91. The first kappa shape index (κ1) is 17.9. The van der Waals surface area contributed by atoms with Gasteiger partial charge in [0, 0.05) is 19.6 Å². The molecule has 0 aliphatic heterocycles. The van der Waals surface area contributed by atoms with Gasteiger partial charge in [-0.2, -0.15) is 8.78 Å². The minimum absolute atomic E-state index is 0. The monoisotopic (exact) mass is 411 g/mol. The molecule has 0 heterocycles. The van der Waals surface area contributed by atoms with Crippen molar-refractivity contribution in [2.24, 2.45) is 10.9 Å². The number of aliphatic imine (C=N–C) groups is 1. The highest BCUT2D eigenvalue weighted by molar-refractivity contribution is 14.0. The number of hydrogen-bond acceptors (Lipinski definition) is 2. The zero-order valence-electron chi connectivity index (χ0n) is 12.0. The molecule has 0 spiro atoms. The van der Waals surface area contributed by atoms with E-state index in [-0.39, 0.29) is 29.7 Å². The second-order valence-corrected chi connectivity index (χ2v) is 4.92. The van der Waals surface area contributed by atoms with Crippen LogP contribution in [0, 0.1) is 5.92 Å². The average molecular weight is 411 g/mol. The highest BCUT2D eigenvalue weighted by Crippen LogP contribution is 2.28. The molecule has 118 valence electrons. The Morgan fingerprint density at radius 1 is 1.48 bits per heavy atom. The fraction of sp³-hybridized carbons (Fsp3) is 0.500. The van der Waals surface area contributed by atoms with Crippen molar-refractivity contribution in [2.75, 3.05) is 7.05 Å². The van der Waals surface area contributed by atoms with Gasteiger partial charge in [-0.05, 0) is 30.0 Å². The van der Waals surface area contributed by atoms with E-state index >= 15 is 0 Å². The van der Waals surface area contributed by atoms with Crippen LogP contribution in [0.1, 0.15) is 18.9 Å². The first-order valence-electron chi connectivity index (χ1n) is 6.59. The molecule has 0 radical (unpaired) electrons. The summed E-state index contributed by atoms with van der Waals surface area (Å²) in [6, 6.07) is 7.11. The van der Waals surface area contributed by atoms with E-state index in [4.69, 9.17) is 0 Å². The van der Waals surface area contributed by atoms with Gasteiger partial charge >= 0.3 is 6.61 Å². The largest absolute Gasteiger partial charge is 0.435 e. The van der Waals surface area contributed by atoms with Gasteiger partial charge in [-0.15, -0.1) is 24.0 Å². The van der Waals surface area contributed by atoms with Gasteiger partial charge in [0.15, 0.2) is 5.96 Å². The zero-order chi connectivity index (χ0) is 14.5. The standard InChI is InChI=1S/C14H19F2N3O.HI/c1-9-6-12(9)19-14(17-2)18-8-10-4-3-5-11(7-10)20-13(15)16;/h3-5,7,9,12-13H,6,8H2,1-2H3,(H2,17,18,19);1H. The number of nitrogens with zero attached hydrogens (tertiary/aromatic N) is 1. The van der Waals surface area contributed by atoms with Gasteiger partial charge < -0.3 is 15.4 Å². The van der Waals surface area contributed by atoms with Gasteiger partial charge in [0.2, 0.25) is 0 Å². The lowest BCUT2D eigenvalue weighted by Crippen LogP contribution is -2.38. The lowest BCUT2D eigenvalue weighted by Gasteiger charge is -2.12. The molecule has 1 aromatic rings. The number of ether oxygens (including phenoxy) is 1. The Balaban J connectivity index is 0.00000220. The number of hydrogen-bond donors (Lipinski definition) is 2. The Morgan fingerprint density at radius 3 is 2.76 bits per heavy atom. The number of alkyl halides is 2. The SMILES string of the molecule is CN=C(NCc1cccc(OC(F)F)c1)NC1CC1C.I. The highest BCUT2D eigenvalue weighted by Gasteiger charge is 2.33. The summed E-state index contributed by atoms with van der Waals surface area (Å²) in [4.78, 5) is 4.13. The van der Waals surface area contributed by atoms with E-state index < -0.39 is 6.61 Å². The predicted octanol–water partition coefficient (Wildman–Crippen LogP) is 2.98. The topological polar surface area (TPSA) is 45.7 Å². The fourth-order valence-electron chi connectivity index (χ4n) is 1.91. The number of halogens is 3. The van der Waals surface area contributed by atoms with E-state index in [0.717, 1.165) is 17.9 Å². The summed E-state index contributed by atoms with van der Waals surface area (Å²) in [5.41, 5.74) is 0.856. The molecule has 1 saturated carbocycles. The normalized spacial score (nSPS) is 20.7. The first-order valence-corrected chi connectivity index (χ1v) is 6.59. The molecule has 7 heteroatoms. The lowest BCUT2D eigenvalue weighted by molar-refractivity contribution is -0.0498. The molecule has 4 nitrogen and oxygen atoms in total. The second-order valence-electron chi connectivity index (χ2n) is 4.92. The van der Waals surface area contributed by atoms with E-state index in [1.165, 1.54) is 6.07 Å². The third kappa shape index (κ3) is 6.03. The predicted molar refractivity (Wildman–Crippen MR) is 89.4 cm³/mol. The minimum atomic E-state index is -2.80. The summed E-state index contributed by atoms with van der Waals surface area (Å²) in [6.07, 6.45) is 1.15. The van der Waals surface area contributed by atoms with Crippen LogP contribution in [-0.4, -0.2) is 25.7 Å². The van der Waals surface area contributed by atoms with Crippen LogP contribution in [0.3, 0.4) is 0 Å². The molecule has 2 atom stereocenters. The van der Waals surface area contributed by atoms with Gasteiger partial charge in [0.05, 0.1) is 0 Å². The van der Waals surface area contributed by atoms with Gasteiger partial charge in [-0.25, -0.2) is 0 Å². The molecule has 1 aromatic carbocycles. The van der Waals surface area contributed by atoms with Crippen LogP contribution < -0.4 is 15.4 Å². The van der Waals surface area contributed by atoms with Crippen molar-refractivity contribution in [3.63, 3.8) is 0 Å². The molecule has 2 rings (SSSR count). The lowest BCUT2D eigenvalue weighted by atomic mass is 10.2. The summed E-state index contributed by atoms with van der Waals surface area (Å²) in [5, 5.41) is 6.45. The number of rotatable bonds is 5. The van der Waals surface area contributed by atoms with Crippen molar-refractivity contribution in [3.8, 4) is 5.75 Å². The van der Waals surface area contributed by atoms with E-state index in [9.17, 15) is 8.78 Å². The molecule has 2 unspecified atom stereocenters. The van der Waals surface area contributed by atoms with Crippen LogP contribution in [0.4, 0.5) is 8.78 Å². The Morgan fingerprint density at radius 2 is 2.19 bits per heavy atom. The van der Waals surface area contributed by atoms with Crippen molar-refractivity contribution >= 4 is 29.9 Å². The smallest absolute Gasteiger partial charge is 0.387 e. The van der Waals surface area contributed by atoms with Crippen molar-refractivity contribution in [3.05, 3.63) is 29.8 Å². The molecular formula is C14H20F2IN3O. The van der Waals surface area contributed by atoms with Crippen molar-refractivity contribution in [1.82, 2.24) is 10.6 Å². The molecule has 1 fully saturated rings. The van der Waals surface area contributed by atoms with Crippen LogP contribution in [0.5, 0.6) is 5.75 Å². The molecule has 2 N–H and O–H groups in total. The minimum Gasteiger partial charge on any atom is -0.435 e. The van der Waals surface area contributed by atoms with E-state index in [1.807, 2.05) is 6.07 Å². The maximum atomic E-state index is 12.1. The van der Waals surface area contributed by atoms with Crippen LogP contribution in [0.15, 0.2) is 29.3 Å². The summed E-state index contributed by atoms with van der Waals surface area (Å²) in [7, 11) is 1.71. The third-order valence-corrected chi connectivity index (χ3v) is 3.24. The molecule has 1 aliphatic rings. The molecule has 1 aliphatic carbocycles. The summed E-state index contributed by atoms with van der Waals surface area (Å²) in [6.45, 7) is -0.124. The van der Waals surface area contributed by atoms with Crippen molar-refractivity contribution in [2.45, 2.75) is 32.5 Å². The Labute approximate surface area is 140 Å². The first-order chi connectivity index (χ1) is 9.58. The third-order valence-electron chi connectivity index (χ3n) is 3.24. The van der Waals surface area contributed by atoms with Gasteiger partial charge in [-0.1, -0.05) is 19.1 Å². The molecule has 21 heavy (non-hydrogen) atoms. The summed E-state index contributed by atoms with van der Waals surface area (Å²) < 4.78 is 28.7. The molecule has 0 amide bonds.